The molecule has 35 heavy (non-hydrogen) atoms. The number of fused-ring (bicyclic) bond motifs is 1. The number of benzene rings is 2. The number of Topliss-reactive ketones (excluding diaryl/α,β-unsaturated/α-hetero) is 1. The van der Waals surface area contributed by atoms with E-state index in [4.69, 9.17) is 4.52 Å². The van der Waals surface area contributed by atoms with E-state index in [1.165, 1.54) is 11.3 Å². The number of hydrogen-bond donors (Lipinski definition) is 1. The molecule has 2 aromatic carbocycles. The molecule has 0 aliphatic carbocycles. The highest BCUT2D eigenvalue weighted by Crippen LogP contribution is 2.25. The first-order valence-corrected chi connectivity index (χ1v) is 10.8. The first-order chi connectivity index (χ1) is 16.9. The summed E-state index contributed by atoms with van der Waals surface area (Å²) in [4.78, 5) is 41.3. The van der Waals surface area contributed by atoms with Crippen LogP contribution in [0.3, 0.4) is 0 Å². The largest absolute Gasteiger partial charge is 0.350 e. The molecule has 0 atom stereocenters. The molecule has 5 aromatic rings. The minimum atomic E-state index is -0.484. The topological polar surface area (TPSA) is 124 Å². The number of rotatable bonds is 6. The molecule has 3 heterocycles. The number of pyridine rings is 1. The Bertz CT molecular complexity index is 1630. The van der Waals surface area contributed by atoms with Crippen molar-refractivity contribution in [2.75, 3.05) is 5.32 Å². The molecule has 0 fully saturated rings. The Morgan fingerprint density at radius 1 is 1.06 bits per heavy atom. The highest BCUT2D eigenvalue weighted by atomic mass is 16.5. The van der Waals surface area contributed by atoms with Crippen LogP contribution in [0.5, 0.6) is 0 Å². The van der Waals surface area contributed by atoms with Crippen LogP contribution >= 0.6 is 0 Å². The van der Waals surface area contributed by atoms with Gasteiger partial charge >= 0.3 is 5.69 Å². The van der Waals surface area contributed by atoms with E-state index in [0.717, 1.165) is 15.8 Å². The zero-order valence-electron chi connectivity index (χ0n) is 18.9. The molecular weight excluding hydrogens is 448 g/mol. The van der Waals surface area contributed by atoms with Crippen molar-refractivity contribution in [2.24, 2.45) is 0 Å². The van der Waals surface area contributed by atoms with Crippen molar-refractivity contribution in [3.05, 3.63) is 88.5 Å². The summed E-state index contributed by atoms with van der Waals surface area (Å²) in [6.07, 6.45) is 1.56. The van der Waals surface area contributed by atoms with Gasteiger partial charge in [0.25, 0.3) is 5.89 Å². The van der Waals surface area contributed by atoms with Gasteiger partial charge in [0.2, 0.25) is 11.7 Å². The van der Waals surface area contributed by atoms with E-state index in [0.29, 0.717) is 22.6 Å². The van der Waals surface area contributed by atoms with Crippen LogP contribution in [0.1, 0.15) is 22.8 Å². The number of nitrogens with one attached hydrogen (secondary N) is 1. The summed E-state index contributed by atoms with van der Waals surface area (Å²) in [6.45, 7) is 3.14. The van der Waals surface area contributed by atoms with E-state index >= 15 is 0 Å². The second-order valence-corrected chi connectivity index (χ2v) is 8.03. The minimum Gasteiger partial charge on any atom is -0.333 e. The summed E-state index contributed by atoms with van der Waals surface area (Å²) in [5, 5.41) is 11.1. The van der Waals surface area contributed by atoms with E-state index in [2.05, 4.69) is 20.6 Å². The lowest BCUT2D eigenvalue weighted by atomic mass is 10.1. The molecule has 0 aliphatic heterocycles. The Labute approximate surface area is 198 Å². The minimum absolute atomic E-state index is 0.0674. The highest BCUT2D eigenvalue weighted by Gasteiger charge is 2.18. The Balaban J connectivity index is 1.41. The van der Waals surface area contributed by atoms with Gasteiger partial charge < -0.3 is 9.84 Å². The molecule has 1 amide bonds. The Morgan fingerprint density at radius 2 is 1.86 bits per heavy atom. The van der Waals surface area contributed by atoms with Crippen molar-refractivity contribution >= 4 is 23.0 Å². The van der Waals surface area contributed by atoms with E-state index in [9.17, 15) is 14.4 Å². The third kappa shape index (κ3) is 4.36. The lowest BCUT2D eigenvalue weighted by Crippen LogP contribution is -2.28. The van der Waals surface area contributed by atoms with Crippen molar-refractivity contribution < 1.29 is 14.1 Å². The number of hydrogen-bond acceptors (Lipinski definition) is 7. The quantitative estimate of drug-likeness (QED) is 0.379. The lowest BCUT2D eigenvalue weighted by molar-refractivity contribution is -0.117. The summed E-state index contributed by atoms with van der Waals surface area (Å²) in [6, 6.07) is 17.6. The van der Waals surface area contributed by atoms with Crippen molar-refractivity contribution in [2.45, 2.75) is 20.4 Å². The van der Waals surface area contributed by atoms with Gasteiger partial charge in [-0.3, -0.25) is 9.59 Å². The number of ketones is 1. The Morgan fingerprint density at radius 3 is 2.60 bits per heavy atom. The van der Waals surface area contributed by atoms with Crippen LogP contribution in [0.4, 0.5) is 5.69 Å². The molecule has 0 aliphatic rings. The van der Waals surface area contributed by atoms with Crippen LogP contribution in [0.2, 0.25) is 0 Å². The van der Waals surface area contributed by atoms with Gasteiger partial charge in [-0.15, -0.1) is 5.10 Å². The predicted octanol–water partition coefficient (Wildman–Crippen LogP) is 3.36. The van der Waals surface area contributed by atoms with Crippen LogP contribution in [0.25, 0.3) is 28.5 Å². The molecule has 0 saturated heterocycles. The summed E-state index contributed by atoms with van der Waals surface area (Å²) in [5.74, 6) is 0.122. The standard InChI is InChI=1S/C25H20N6O4/c1-15-5-3-6-18(13-15)22-27-24(35-29-22)20-7-4-12-30-23(20)28-31(25(30)34)14-21(33)26-19-10-8-17(9-11-19)16(2)32/h3-13H,14H2,1-2H3,(H,26,33). The summed E-state index contributed by atoms with van der Waals surface area (Å²) < 4.78 is 7.85. The van der Waals surface area contributed by atoms with Crippen molar-refractivity contribution in [1.29, 1.82) is 0 Å². The van der Waals surface area contributed by atoms with Gasteiger partial charge in [-0.1, -0.05) is 28.9 Å². The second kappa shape index (κ2) is 8.82. The monoisotopic (exact) mass is 468 g/mol. The van der Waals surface area contributed by atoms with E-state index in [1.54, 1.807) is 42.6 Å². The van der Waals surface area contributed by atoms with Crippen molar-refractivity contribution in [1.82, 2.24) is 24.3 Å². The number of carbonyl (C=O) groups is 2. The maximum absolute atomic E-state index is 12.9. The lowest BCUT2D eigenvalue weighted by Gasteiger charge is -2.05. The van der Waals surface area contributed by atoms with Crippen LogP contribution in [0.15, 0.2) is 76.2 Å². The fourth-order valence-electron chi connectivity index (χ4n) is 3.67. The van der Waals surface area contributed by atoms with E-state index in [-0.39, 0.29) is 23.9 Å². The fourth-order valence-corrected chi connectivity index (χ4v) is 3.67. The summed E-state index contributed by atoms with van der Waals surface area (Å²) in [7, 11) is 0. The van der Waals surface area contributed by atoms with E-state index < -0.39 is 11.6 Å². The van der Waals surface area contributed by atoms with Gasteiger partial charge in [0.15, 0.2) is 11.4 Å². The van der Waals surface area contributed by atoms with Crippen molar-refractivity contribution in [3.63, 3.8) is 0 Å². The van der Waals surface area contributed by atoms with Gasteiger partial charge in [-0.05, 0) is 56.3 Å². The van der Waals surface area contributed by atoms with Gasteiger partial charge in [0.05, 0.1) is 5.56 Å². The molecule has 1 N–H and O–H groups in total. The number of carbonyl (C=O) groups excluding carboxylic acids is 2. The van der Waals surface area contributed by atoms with Gasteiger partial charge in [0.1, 0.15) is 6.54 Å². The summed E-state index contributed by atoms with van der Waals surface area (Å²) >= 11 is 0. The van der Waals surface area contributed by atoms with Gasteiger partial charge in [0, 0.05) is 23.0 Å². The Hall–Kier alpha value is -4.86. The van der Waals surface area contributed by atoms with Crippen LogP contribution in [0, 0.1) is 6.92 Å². The number of aromatic nitrogens is 5. The first-order valence-electron chi connectivity index (χ1n) is 10.8. The van der Waals surface area contributed by atoms with Crippen molar-refractivity contribution in [3.8, 4) is 22.8 Å². The average Bonchev–Trinajstić information content (AvgIpc) is 3.45. The molecule has 0 spiro atoms. The number of amides is 1. The molecule has 0 unspecified atom stereocenters. The Kier molecular flexibility index (Phi) is 5.54. The third-order valence-corrected chi connectivity index (χ3v) is 5.41. The molecule has 3 aromatic heterocycles. The molecular formula is C25H20N6O4. The molecule has 174 valence electrons. The smallest absolute Gasteiger partial charge is 0.333 e. The van der Waals surface area contributed by atoms with Gasteiger partial charge in [-0.2, -0.15) is 4.98 Å². The highest BCUT2D eigenvalue weighted by molar-refractivity contribution is 5.95. The molecule has 5 rings (SSSR count). The van der Waals surface area contributed by atoms with E-state index in [1.807, 2.05) is 31.2 Å². The molecule has 0 saturated carbocycles. The maximum atomic E-state index is 12.9. The van der Waals surface area contributed by atoms with Crippen LogP contribution < -0.4 is 11.0 Å². The number of nitrogens with zero attached hydrogens (tertiary/aromatic N) is 5. The molecule has 10 heteroatoms. The zero-order valence-corrected chi connectivity index (χ0v) is 18.9. The first kappa shape index (κ1) is 22.0. The van der Waals surface area contributed by atoms with Crippen LogP contribution in [-0.4, -0.2) is 36.0 Å². The molecule has 0 bridgehead atoms. The summed E-state index contributed by atoms with van der Waals surface area (Å²) in [5.41, 5.74) is 3.19. The number of aryl methyl sites for hydroxylation is 1. The van der Waals surface area contributed by atoms with Crippen LogP contribution in [-0.2, 0) is 11.3 Å². The van der Waals surface area contributed by atoms with Gasteiger partial charge in [-0.25, -0.2) is 13.9 Å². The maximum Gasteiger partial charge on any atom is 0.350 e. The normalized spacial score (nSPS) is 11.0. The molecule has 10 nitrogen and oxygen atoms in total. The zero-order chi connectivity index (χ0) is 24.5. The number of anilines is 1. The second-order valence-electron chi connectivity index (χ2n) is 8.03. The SMILES string of the molecule is CC(=O)c1ccc(NC(=O)Cn2nc3c(-c4nc(-c5cccc(C)c5)no4)cccn3c2=O)cc1. The fraction of sp³-hybridized carbons (Fsp3) is 0.120. The predicted molar refractivity (Wildman–Crippen MR) is 128 cm³/mol. The third-order valence-electron chi connectivity index (χ3n) is 5.41. The average molecular weight is 468 g/mol. The molecule has 0 radical (unpaired) electrons.